The fourth-order valence-electron chi connectivity index (χ4n) is 1.48. The summed E-state index contributed by atoms with van der Waals surface area (Å²) in [4.78, 5) is 12.5. The van der Waals surface area contributed by atoms with Crippen LogP contribution >= 0.6 is 27.3 Å². The van der Waals surface area contributed by atoms with E-state index >= 15 is 0 Å². The van der Waals surface area contributed by atoms with Gasteiger partial charge < -0.3 is 10.1 Å². The van der Waals surface area contributed by atoms with Crippen molar-refractivity contribution in [1.82, 2.24) is 0 Å². The van der Waals surface area contributed by atoms with Crippen molar-refractivity contribution in [3.63, 3.8) is 0 Å². The predicted molar refractivity (Wildman–Crippen MR) is 77.8 cm³/mol. The van der Waals surface area contributed by atoms with Gasteiger partial charge in [-0.25, -0.2) is 0 Å². The minimum atomic E-state index is -2.86. The fraction of sp³-hybridized carbons (Fsp3) is 0.154. The largest absolute Gasteiger partial charge is 0.435 e. The van der Waals surface area contributed by atoms with E-state index in [0.717, 1.165) is 9.35 Å². The number of amides is 1. The van der Waals surface area contributed by atoms with Gasteiger partial charge in [0.05, 0.1) is 8.66 Å². The van der Waals surface area contributed by atoms with Crippen LogP contribution in [0.1, 0.15) is 15.2 Å². The molecular formula is C13H10BrF2NO2S. The zero-order chi connectivity index (χ0) is 14.7. The first-order valence-corrected chi connectivity index (χ1v) is 7.19. The first kappa shape index (κ1) is 14.9. The highest BCUT2D eigenvalue weighted by Crippen LogP contribution is 2.28. The standard InChI is InChI=1S/C13H10BrF2NO2S/c1-7-6-10(20-11(7)14)12(18)17-8-2-4-9(5-3-8)19-13(15)16/h2-6,13H,1H3,(H,17,18). The van der Waals surface area contributed by atoms with E-state index in [1.165, 1.54) is 35.6 Å². The van der Waals surface area contributed by atoms with Gasteiger partial charge >= 0.3 is 6.61 Å². The maximum Gasteiger partial charge on any atom is 0.387 e. The number of halogens is 3. The Kier molecular flexibility index (Phi) is 4.72. The molecule has 0 aliphatic carbocycles. The summed E-state index contributed by atoms with van der Waals surface area (Å²) in [6.45, 7) is -0.963. The van der Waals surface area contributed by atoms with Crippen LogP contribution in [0.2, 0.25) is 0 Å². The lowest BCUT2D eigenvalue weighted by molar-refractivity contribution is -0.0498. The van der Waals surface area contributed by atoms with Crippen LogP contribution in [0, 0.1) is 6.92 Å². The summed E-state index contributed by atoms with van der Waals surface area (Å²) in [6, 6.07) is 7.53. The summed E-state index contributed by atoms with van der Waals surface area (Å²) in [6.07, 6.45) is 0. The van der Waals surface area contributed by atoms with Crippen LogP contribution in [0.15, 0.2) is 34.1 Å². The normalized spacial score (nSPS) is 10.7. The van der Waals surface area contributed by atoms with Gasteiger partial charge in [0.1, 0.15) is 5.75 Å². The monoisotopic (exact) mass is 361 g/mol. The Labute approximate surface area is 126 Å². The molecule has 0 spiro atoms. The van der Waals surface area contributed by atoms with E-state index < -0.39 is 6.61 Å². The van der Waals surface area contributed by atoms with E-state index in [1.54, 1.807) is 6.07 Å². The summed E-state index contributed by atoms with van der Waals surface area (Å²) in [5.74, 6) is -0.195. The molecule has 0 aliphatic heterocycles. The molecule has 0 radical (unpaired) electrons. The fourth-order valence-corrected chi connectivity index (χ4v) is 2.91. The van der Waals surface area contributed by atoms with Crippen molar-refractivity contribution >= 4 is 38.9 Å². The number of thiophene rings is 1. The number of alkyl halides is 2. The topological polar surface area (TPSA) is 38.3 Å². The summed E-state index contributed by atoms with van der Waals surface area (Å²) < 4.78 is 29.1. The molecule has 0 aliphatic rings. The molecule has 0 saturated carbocycles. The molecule has 7 heteroatoms. The molecule has 0 unspecified atom stereocenters. The van der Waals surface area contributed by atoms with Gasteiger partial charge in [-0.15, -0.1) is 11.3 Å². The SMILES string of the molecule is Cc1cc(C(=O)Nc2ccc(OC(F)F)cc2)sc1Br. The summed E-state index contributed by atoms with van der Waals surface area (Å²) >= 11 is 4.69. The first-order chi connectivity index (χ1) is 9.45. The average Bonchev–Trinajstić information content (AvgIpc) is 2.71. The molecular weight excluding hydrogens is 352 g/mol. The minimum absolute atomic E-state index is 0.0488. The van der Waals surface area contributed by atoms with Gasteiger partial charge in [0.15, 0.2) is 0 Å². The third kappa shape index (κ3) is 3.77. The van der Waals surface area contributed by atoms with E-state index in [0.29, 0.717) is 10.6 Å². The summed E-state index contributed by atoms with van der Waals surface area (Å²) in [5.41, 5.74) is 1.50. The Morgan fingerprint density at radius 1 is 1.35 bits per heavy atom. The molecule has 1 heterocycles. The van der Waals surface area contributed by atoms with Gasteiger partial charge in [-0.3, -0.25) is 4.79 Å². The highest BCUT2D eigenvalue weighted by Gasteiger charge is 2.11. The number of carbonyl (C=O) groups excluding carboxylic acids is 1. The highest BCUT2D eigenvalue weighted by atomic mass is 79.9. The first-order valence-electron chi connectivity index (χ1n) is 5.58. The Balaban J connectivity index is 2.04. The molecule has 1 amide bonds. The van der Waals surface area contributed by atoms with Crippen LogP contribution in [0.4, 0.5) is 14.5 Å². The van der Waals surface area contributed by atoms with Gasteiger partial charge in [-0.2, -0.15) is 8.78 Å². The number of benzene rings is 1. The molecule has 1 aromatic heterocycles. The lowest BCUT2D eigenvalue weighted by Gasteiger charge is -2.06. The predicted octanol–water partition coefficient (Wildman–Crippen LogP) is 4.67. The number of ether oxygens (including phenoxy) is 1. The second kappa shape index (κ2) is 6.32. The molecule has 0 bridgehead atoms. The maximum absolute atomic E-state index is 12.0. The highest BCUT2D eigenvalue weighted by molar-refractivity contribution is 9.11. The number of carbonyl (C=O) groups is 1. The van der Waals surface area contributed by atoms with Gasteiger partial charge in [0.25, 0.3) is 5.91 Å². The van der Waals surface area contributed by atoms with Gasteiger partial charge in [0.2, 0.25) is 0 Å². The molecule has 3 nitrogen and oxygen atoms in total. The molecule has 20 heavy (non-hydrogen) atoms. The number of aryl methyl sites for hydroxylation is 1. The Bertz CT molecular complexity index is 594. The van der Waals surface area contributed by atoms with Crippen LogP contribution in [-0.2, 0) is 0 Å². The minimum Gasteiger partial charge on any atom is -0.435 e. The average molecular weight is 362 g/mol. The second-order valence-corrected chi connectivity index (χ2v) is 6.29. The smallest absolute Gasteiger partial charge is 0.387 e. The molecule has 1 aromatic carbocycles. The number of rotatable bonds is 4. The number of anilines is 1. The van der Waals surface area contributed by atoms with Crippen molar-refractivity contribution in [2.75, 3.05) is 5.32 Å². The van der Waals surface area contributed by atoms with E-state index in [-0.39, 0.29) is 11.7 Å². The number of nitrogens with one attached hydrogen (secondary N) is 1. The third-order valence-electron chi connectivity index (χ3n) is 2.42. The van der Waals surface area contributed by atoms with Crippen molar-refractivity contribution in [3.05, 3.63) is 44.6 Å². The van der Waals surface area contributed by atoms with Crippen molar-refractivity contribution < 1.29 is 18.3 Å². The van der Waals surface area contributed by atoms with Crippen LogP contribution in [0.5, 0.6) is 5.75 Å². The molecule has 0 fully saturated rings. The maximum atomic E-state index is 12.0. The van der Waals surface area contributed by atoms with E-state index in [2.05, 4.69) is 26.0 Å². The van der Waals surface area contributed by atoms with E-state index in [4.69, 9.17) is 0 Å². The van der Waals surface area contributed by atoms with Gasteiger partial charge in [0, 0.05) is 5.69 Å². The van der Waals surface area contributed by atoms with Crippen molar-refractivity contribution in [3.8, 4) is 5.75 Å². The molecule has 2 aromatic rings. The van der Waals surface area contributed by atoms with Gasteiger partial charge in [-0.1, -0.05) is 0 Å². The molecule has 0 saturated heterocycles. The molecule has 1 N–H and O–H groups in total. The second-order valence-electron chi connectivity index (χ2n) is 3.92. The number of hydrogen-bond donors (Lipinski definition) is 1. The summed E-state index contributed by atoms with van der Waals surface area (Å²) in [5, 5.41) is 2.69. The molecule has 106 valence electrons. The van der Waals surface area contributed by atoms with E-state index in [1.807, 2.05) is 6.92 Å². The zero-order valence-electron chi connectivity index (χ0n) is 10.3. The van der Waals surface area contributed by atoms with Crippen LogP contribution in [-0.4, -0.2) is 12.5 Å². The lowest BCUT2D eigenvalue weighted by Crippen LogP contribution is -2.10. The Morgan fingerprint density at radius 3 is 2.50 bits per heavy atom. The lowest BCUT2D eigenvalue weighted by atomic mass is 10.3. The van der Waals surface area contributed by atoms with Crippen molar-refractivity contribution in [2.45, 2.75) is 13.5 Å². The van der Waals surface area contributed by atoms with Crippen LogP contribution < -0.4 is 10.1 Å². The third-order valence-corrected chi connectivity index (χ3v) is 4.55. The summed E-state index contributed by atoms with van der Waals surface area (Å²) in [7, 11) is 0. The quantitative estimate of drug-likeness (QED) is 0.858. The van der Waals surface area contributed by atoms with Gasteiger partial charge in [-0.05, 0) is 58.7 Å². The van der Waals surface area contributed by atoms with Crippen molar-refractivity contribution in [2.24, 2.45) is 0 Å². The molecule has 0 atom stereocenters. The van der Waals surface area contributed by atoms with Crippen LogP contribution in [0.25, 0.3) is 0 Å². The van der Waals surface area contributed by atoms with Crippen molar-refractivity contribution in [1.29, 1.82) is 0 Å². The van der Waals surface area contributed by atoms with Crippen LogP contribution in [0.3, 0.4) is 0 Å². The number of hydrogen-bond acceptors (Lipinski definition) is 3. The van der Waals surface area contributed by atoms with E-state index in [9.17, 15) is 13.6 Å². The zero-order valence-corrected chi connectivity index (χ0v) is 12.7. The Morgan fingerprint density at radius 2 is 2.00 bits per heavy atom. The Hall–Kier alpha value is -1.47. The molecule has 2 rings (SSSR count).